The van der Waals surface area contributed by atoms with Crippen LogP contribution < -0.4 is 0 Å². The van der Waals surface area contributed by atoms with Crippen molar-refractivity contribution in [1.29, 1.82) is 0 Å². The van der Waals surface area contributed by atoms with Gasteiger partial charge in [-0.15, -0.1) is 0 Å². The van der Waals surface area contributed by atoms with E-state index in [0.717, 1.165) is 19.6 Å². The lowest BCUT2D eigenvalue weighted by Gasteiger charge is -2.23. The van der Waals surface area contributed by atoms with Crippen molar-refractivity contribution in [3.63, 3.8) is 0 Å². The summed E-state index contributed by atoms with van der Waals surface area (Å²) < 4.78 is 0. The Kier molecular flexibility index (Phi) is 4.41. The van der Waals surface area contributed by atoms with Gasteiger partial charge in [0.2, 0.25) is 5.91 Å². The number of carbonyl (C=O) groups is 1. The topological polar surface area (TPSA) is 43.8 Å². The van der Waals surface area contributed by atoms with Crippen LogP contribution in [0.15, 0.2) is 0 Å². The Morgan fingerprint density at radius 1 is 1.18 bits per heavy atom. The quantitative estimate of drug-likeness (QED) is 0.690. The molecule has 0 aromatic heterocycles. The number of carbonyl (C=O) groups excluding carboxylic acids is 1. The van der Waals surface area contributed by atoms with E-state index in [1.165, 1.54) is 19.3 Å². The largest absolute Gasteiger partial charge is 0.391 e. The second-order valence-electron chi connectivity index (χ2n) is 4.82. The fraction of sp³-hybridized carbons (Fsp3) is 0.769. The van der Waals surface area contributed by atoms with Crippen LogP contribution in [0.4, 0.5) is 0 Å². The van der Waals surface area contributed by atoms with Crippen LogP contribution in [0.25, 0.3) is 0 Å². The van der Waals surface area contributed by atoms with Crippen molar-refractivity contribution < 1.29 is 9.90 Å². The van der Waals surface area contributed by atoms with Crippen LogP contribution >= 0.6 is 0 Å². The zero-order chi connectivity index (χ0) is 12.1. The zero-order valence-corrected chi connectivity index (χ0v) is 10.2. The number of β-amino-alcohol motifs (C(OH)–C–C–N with tert-alkyl or cyclic N) is 1. The highest BCUT2D eigenvalue weighted by atomic mass is 16.3. The maximum atomic E-state index is 11.4. The lowest BCUT2D eigenvalue weighted by molar-refractivity contribution is -0.127. The van der Waals surface area contributed by atoms with E-state index in [-0.39, 0.29) is 12.3 Å². The van der Waals surface area contributed by atoms with Crippen LogP contribution in [-0.2, 0) is 4.79 Å². The molecule has 2 fully saturated rings. The van der Waals surface area contributed by atoms with Crippen LogP contribution in [-0.4, -0.2) is 59.6 Å². The summed E-state index contributed by atoms with van der Waals surface area (Å²) in [5, 5.41) is 9.31. The number of amides is 1. The number of aliphatic hydroxyl groups excluding tert-OH is 1. The summed E-state index contributed by atoms with van der Waals surface area (Å²) in [5.74, 6) is 6.16. The fourth-order valence-corrected chi connectivity index (χ4v) is 2.34. The molecule has 2 aliphatic rings. The zero-order valence-electron chi connectivity index (χ0n) is 10.2. The summed E-state index contributed by atoms with van der Waals surface area (Å²) in [4.78, 5) is 15.4. The highest BCUT2D eigenvalue weighted by molar-refractivity contribution is 5.79. The van der Waals surface area contributed by atoms with Gasteiger partial charge in [-0.3, -0.25) is 9.69 Å². The number of likely N-dealkylation sites (tertiary alicyclic amines) is 2. The monoisotopic (exact) mass is 236 g/mol. The summed E-state index contributed by atoms with van der Waals surface area (Å²) in [5.41, 5.74) is 0. The lowest BCUT2D eigenvalue weighted by Crippen LogP contribution is -2.30. The van der Waals surface area contributed by atoms with Gasteiger partial charge in [-0.25, -0.2) is 0 Å². The van der Waals surface area contributed by atoms with E-state index in [0.29, 0.717) is 13.1 Å². The molecule has 0 aromatic rings. The van der Waals surface area contributed by atoms with E-state index in [4.69, 9.17) is 0 Å². The van der Waals surface area contributed by atoms with Crippen LogP contribution in [0.2, 0.25) is 0 Å². The highest BCUT2D eigenvalue weighted by Crippen LogP contribution is 2.09. The number of piperidine rings is 1. The van der Waals surface area contributed by atoms with Crippen molar-refractivity contribution in [3.05, 3.63) is 0 Å². The molecule has 1 N–H and O–H groups in total. The SMILES string of the molecule is O=C1C[C@@H](O)CN1CC#CCN1CCCCC1. The molecule has 2 saturated heterocycles. The number of nitrogens with zero attached hydrogens (tertiary/aromatic N) is 2. The van der Waals surface area contributed by atoms with E-state index in [2.05, 4.69) is 16.7 Å². The Hall–Kier alpha value is -1.05. The molecule has 0 aliphatic carbocycles. The maximum absolute atomic E-state index is 11.4. The minimum atomic E-state index is -0.494. The fourth-order valence-electron chi connectivity index (χ4n) is 2.34. The predicted molar refractivity (Wildman–Crippen MR) is 65.3 cm³/mol. The van der Waals surface area contributed by atoms with Gasteiger partial charge in [0, 0.05) is 6.54 Å². The average molecular weight is 236 g/mol. The molecule has 0 unspecified atom stereocenters. The van der Waals surface area contributed by atoms with Crippen molar-refractivity contribution in [2.75, 3.05) is 32.7 Å². The normalized spacial score (nSPS) is 25.8. The standard InChI is InChI=1S/C13H20N2O2/c16-12-10-13(17)15(11-12)9-5-4-8-14-6-2-1-3-7-14/h12,16H,1-3,6-11H2/t12-/m1/s1. The van der Waals surface area contributed by atoms with Crippen molar-refractivity contribution in [3.8, 4) is 11.8 Å². The highest BCUT2D eigenvalue weighted by Gasteiger charge is 2.26. The summed E-state index contributed by atoms with van der Waals surface area (Å²) >= 11 is 0. The molecule has 2 heterocycles. The molecule has 1 atom stereocenters. The lowest BCUT2D eigenvalue weighted by atomic mass is 10.1. The Morgan fingerprint density at radius 3 is 2.53 bits per heavy atom. The van der Waals surface area contributed by atoms with Gasteiger partial charge in [0.1, 0.15) is 0 Å². The Bertz CT molecular complexity index is 326. The molecule has 2 rings (SSSR count). The van der Waals surface area contributed by atoms with E-state index >= 15 is 0 Å². The summed E-state index contributed by atoms with van der Waals surface area (Å²) in [6.45, 7) is 4.01. The van der Waals surface area contributed by atoms with E-state index in [9.17, 15) is 9.90 Å². The maximum Gasteiger partial charge on any atom is 0.226 e. The first-order valence-electron chi connectivity index (χ1n) is 6.39. The van der Waals surface area contributed by atoms with Gasteiger partial charge in [-0.1, -0.05) is 18.3 Å². The molecule has 17 heavy (non-hydrogen) atoms. The molecule has 0 radical (unpaired) electrons. The molecule has 0 saturated carbocycles. The van der Waals surface area contributed by atoms with E-state index < -0.39 is 6.10 Å². The van der Waals surface area contributed by atoms with E-state index in [1.54, 1.807) is 4.90 Å². The van der Waals surface area contributed by atoms with Crippen molar-refractivity contribution in [2.24, 2.45) is 0 Å². The molecule has 1 amide bonds. The number of aliphatic hydroxyl groups is 1. The number of hydrogen-bond donors (Lipinski definition) is 1. The Morgan fingerprint density at radius 2 is 1.88 bits per heavy atom. The average Bonchev–Trinajstić information content (AvgIpc) is 2.65. The van der Waals surface area contributed by atoms with Gasteiger partial charge in [0.05, 0.1) is 25.6 Å². The van der Waals surface area contributed by atoms with Gasteiger partial charge >= 0.3 is 0 Å². The van der Waals surface area contributed by atoms with Crippen molar-refractivity contribution >= 4 is 5.91 Å². The van der Waals surface area contributed by atoms with Crippen molar-refractivity contribution in [2.45, 2.75) is 31.8 Å². The molecule has 0 spiro atoms. The molecule has 4 heteroatoms. The number of hydrogen-bond acceptors (Lipinski definition) is 3. The molecule has 4 nitrogen and oxygen atoms in total. The van der Waals surface area contributed by atoms with Gasteiger partial charge in [-0.2, -0.15) is 0 Å². The van der Waals surface area contributed by atoms with Crippen LogP contribution in [0.3, 0.4) is 0 Å². The first-order chi connectivity index (χ1) is 8.25. The van der Waals surface area contributed by atoms with Crippen LogP contribution in [0.1, 0.15) is 25.7 Å². The molecule has 0 bridgehead atoms. The summed E-state index contributed by atoms with van der Waals surface area (Å²) in [6, 6.07) is 0. The molecular weight excluding hydrogens is 216 g/mol. The first-order valence-corrected chi connectivity index (χ1v) is 6.39. The molecule has 94 valence electrons. The second kappa shape index (κ2) is 6.04. The van der Waals surface area contributed by atoms with Crippen LogP contribution in [0, 0.1) is 11.8 Å². The smallest absolute Gasteiger partial charge is 0.226 e. The van der Waals surface area contributed by atoms with Crippen molar-refractivity contribution in [1.82, 2.24) is 9.80 Å². The van der Waals surface area contributed by atoms with Gasteiger partial charge in [-0.05, 0) is 25.9 Å². The molecular formula is C13H20N2O2. The Balaban J connectivity index is 1.69. The third-order valence-electron chi connectivity index (χ3n) is 3.34. The van der Waals surface area contributed by atoms with Gasteiger partial charge in [0.15, 0.2) is 0 Å². The van der Waals surface area contributed by atoms with E-state index in [1.807, 2.05) is 0 Å². The van der Waals surface area contributed by atoms with Gasteiger partial charge in [0.25, 0.3) is 0 Å². The summed E-state index contributed by atoms with van der Waals surface area (Å²) in [6.07, 6.45) is 3.65. The second-order valence-corrected chi connectivity index (χ2v) is 4.82. The van der Waals surface area contributed by atoms with Gasteiger partial charge < -0.3 is 10.0 Å². The summed E-state index contributed by atoms with van der Waals surface area (Å²) in [7, 11) is 0. The molecule has 2 aliphatic heterocycles. The number of rotatable bonds is 2. The predicted octanol–water partition coefficient (Wildman–Crippen LogP) is 0.0689. The minimum Gasteiger partial charge on any atom is -0.391 e. The van der Waals surface area contributed by atoms with Crippen LogP contribution in [0.5, 0.6) is 0 Å². The molecule has 0 aromatic carbocycles. The third-order valence-corrected chi connectivity index (χ3v) is 3.34. The Labute approximate surface area is 103 Å². The third kappa shape index (κ3) is 3.72. The first kappa shape index (κ1) is 12.4. The minimum absolute atomic E-state index is 0.0183.